The van der Waals surface area contributed by atoms with E-state index in [1.165, 1.54) is 5.57 Å². The molecule has 0 aromatic rings. The van der Waals surface area contributed by atoms with Crippen LogP contribution in [0, 0.1) is 17.2 Å². The van der Waals surface area contributed by atoms with Crippen LogP contribution < -0.4 is 5.32 Å². The highest BCUT2D eigenvalue weighted by molar-refractivity contribution is 5.01. The molecular formula is C15H29N3. The number of nitrogens with zero attached hydrogens (tertiary/aromatic N) is 2. The Hall–Kier alpha value is -0.850. The molecular weight excluding hydrogens is 222 g/mol. The predicted molar refractivity (Wildman–Crippen MR) is 78.4 cm³/mol. The van der Waals surface area contributed by atoms with Gasteiger partial charge < -0.3 is 5.32 Å². The van der Waals surface area contributed by atoms with Crippen molar-refractivity contribution in [2.75, 3.05) is 26.2 Å². The van der Waals surface area contributed by atoms with Crippen molar-refractivity contribution in [1.29, 1.82) is 5.26 Å². The summed E-state index contributed by atoms with van der Waals surface area (Å²) in [6.07, 6.45) is 0.590. The minimum Gasteiger partial charge on any atom is -0.308 e. The van der Waals surface area contributed by atoms with Gasteiger partial charge in [-0.15, -0.1) is 0 Å². The Kier molecular flexibility index (Phi) is 7.90. The van der Waals surface area contributed by atoms with Crippen LogP contribution in [0.25, 0.3) is 0 Å². The molecule has 0 aliphatic carbocycles. The second-order valence-electron chi connectivity index (χ2n) is 6.39. The standard InChI is InChI=1S/C15H29N3/c1-13(2)11-18(9-7-8-16)12-14(3)10-17-15(4,5)6/h13,17H,3,7,9-12H2,1-2,4-6H3. The number of hydrogen-bond donors (Lipinski definition) is 1. The molecule has 0 aromatic carbocycles. The normalized spacial score (nSPS) is 11.9. The molecule has 0 radical (unpaired) electrons. The van der Waals surface area contributed by atoms with Crippen LogP contribution in [0.3, 0.4) is 0 Å². The van der Waals surface area contributed by atoms with Gasteiger partial charge in [0.1, 0.15) is 0 Å². The fourth-order valence-corrected chi connectivity index (χ4v) is 1.72. The summed E-state index contributed by atoms with van der Waals surface area (Å²) in [5, 5.41) is 12.1. The molecule has 3 heteroatoms. The summed E-state index contributed by atoms with van der Waals surface area (Å²) in [4.78, 5) is 2.32. The summed E-state index contributed by atoms with van der Waals surface area (Å²) in [5.41, 5.74) is 1.31. The van der Waals surface area contributed by atoms with Gasteiger partial charge in [-0.1, -0.05) is 20.4 Å². The highest BCUT2D eigenvalue weighted by Gasteiger charge is 2.12. The fourth-order valence-electron chi connectivity index (χ4n) is 1.72. The van der Waals surface area contributed by atoms with Crippen molar-refractivity contribution >= 4 is 0 Å². The van der Waals surface area contributed by atoms with Crippen LogP contribution in [0.5, 0.6) is 0 Å². The van der Waals surface area contributed by atoms with E-state index < -0.39 is 0 Å². The van der Waals surface area contributed by atoms with E-state index in [-0.39, 0.29) is 5.54 Å². The van der Waals surface area contributed by atoms with E-state index in [9.17, 15) is 0 Å². The van der Waals surface area contributed by atoms with E-state index in [0.29, 0.717) is 12.3 Å². The lowest BCUT2D eigenvalue weighted by Crippen LogP contribution is -2.39. The molecule has 0 rings (SSSR count). The Labute approximate surface area is 113 Å². The minimum atomic E-state index is 0.123. The monoisotopic (exact) mass is 251 g/mol. The third-order valence-electron chi connectivity index (χ3n) is 2.48. The summed E-state index contributed by atoms with van der Waals surface area (Å²) in [5.74, 6) is 0.618. The van der Waals surface area contributed by atoms with Gasteiger partial charge in [0.05, 0.1) is 6.07 Å². The molecule has 0 saturated carbocycles. The number of nitrogens with one attached hydrogen (secondary N) is 1. The predicted octanol–water partition coefficient (Wildman–Crippen LogP) is 2.80. The van der Waals surface area contributed by atoms with Crippen LogP contribution in [0.1, 0.15) is 41.0 Å². The molecule has 0 aliphatic rings. The molecule has 0 heterocycles. The van der Waals surface area contributed by atoms with Crippen molar-refractivity contribution in [1.82, 2.24) is 10.2 Å². The summed E-state index contributed by atoms with van der Waals surface area (Å²) in [6, 6.07) is 2.21. The Morgan fingerprint density at radius 1 is 1.39 bits per heavy atom. The number of hydrogen-bond acceptors (Lipinski definition) is 3. The lowest BCUT2D eigenvalue weighted by atomic mass is 10.1. The zero-order chi connectivity index (χ0) is 14.2. The van der Waals surface area contributed by atoms with E-state index in [2.05, 4.69) is 57.5 Å². The zero-order valence-corrected chi connectivity index (χ0v) is 12.7. The topological polar surface area (TPSA) is 39.1 Å². The van der Waals surface area contributed by atoms with Gasteiger partial charge in [0.2, 0.25) is 0 Å². The molecule has 3 nitrogen and oxygen atoms in total. The zero-order valence-electron chi connectivity index (χ0n) is 12.7. The summed E-state index contributed by atoms with van der Waals surface area (Å²) in [7, 11) is 0. The summed E-state index contributed by atoms with van der Waals surface area (Å²) >= 11 is 0. The fraction of sp³-hybridized carbons (Fsp3) is 0.800. The van der Waals surface area contributed by atoms with Gasteiger partial charge in [0.15, 0.2) is 0 Å². The van der Waals surface area contributed by atoms with E-state index in [4.69, 9.17) is 5.26 Å². The second-order valence-corrected chi connectivity index (χ2v) is 6.39. The van der Waals surface area contributed by atoms with E-state index >= 15 is 0 Å². The van der Waals surface area contributed by atoms with Crippen molar-refractivity contribution in [2.24, 2.45) is 5.92 Å². The Morgan fingerprint density at radius 3 is 2.44 bits per heavy atom. The first-order valence-electron chi connectivity index (χ1n) is 6.75. The molecule has 0 bridgehead atoms. The van der Waals surface area contributed by atoms with Crippen LogP contribution in [-0.2, 0) is 0 Å². The van der Waals surface area contributed by atoms with E-state index in [0.717, 1.165) is 26.2 Å². The highest BCUT2D eigenvalue weighted by Crippen LogP contribution is 2.05. The summed E-state index contributed by atoms with van der Waals surface area (Å²) in [6.45, 7) is 18.6. The lowest BCUT2D eigenvalue weighted by Gasteiger charge is -2.26. The Morgan fingerprint density at radius 2 is 2.00 bits per heavy atom. The van der Waals surface area contributed by atoms with Crippen molar-refractivity contribution in [3.05, 3.63) is 12.2 Å². The van der Waals surface area contributed by atoms with Gasteiger partial charge in [-0.3, -0.25) is 4.90 Å². The van der Waals surface area contributed by atoms with Crippen LogP contribution in [0.2, 0.25) is 0 Å². The van der Waals surface area contributed by atoms with Gasteiger partial charge in [-0.2, -0.15) is 5.26 Å². The third-order valence-corrected chi connectivity index (χ3v) is 2.48. The molecule has 104 valence electrons. The van der Waals surface area contributed by atoms with E-state index in [1.807, 2.05) is 0 Å². The Balaban J connectivity index is 4.14. The first kappa shape index (κ1) is 17.2. The largest absolute Gasteiger partial charge is 0.308 e. The molecule has 0 fully saturated rings. The number of rotatable bonds is 8. The molecule has 0 atom stereocenters. The van der Waals surface area contributed by atoms with Crippen molar-refractivity contribution in [3.8, 4) is 6.07 Å². The lowest BCUT2D eigenvalue weighted by molar-refractivity contribution is 0.265. The van der Waals surface area contributed by atoms with Gasteiger partial charge in [0.25, 0.3) is 0 Å². The van der Waals surface area contributed by atoms with Crippen LogP contribution in [0.4, 0.5) is 0 Å². The smallest absolute Gasteiger partial charge is 0.0635 e. The van der Waals surface area contributed by atoms with Gasteiger partial charge >= 0.3 is 0 Å². The second kappa shape index (κ2) is 8.29. The average Bonchev–Trinajstić information content (AvgIpc) is 2.21. The minimum absolute atomic E-state index is 0.123. The van der Waals surface area contributed by atoms with Gasteiger partial charge in [0, 0.05) is 38.1 Å². The summed E-state index contributed by atoms with van der Waals surface area (Å²) < 4.78 is 0. The molecule has 0 saturated heterocycles. The van der Waals surface area contributed by atoms with Gasteiger partial charge in [-0.25, -0.2) is 0 Å². The maximum Gasteiger partial charge on any atom is 0.0635 e. The SMILES string of the molecule is C=C(CNC(C)(C)C)CN(CCC#N)CC(C)C. The first-order valence-corrected chi connectivity index (χ1v) is 6.75. The highest BCUT2D eigenvalue weighted by atomic mass is 15.1. The maximum atomic E-state index is 8.68. The van der Waals surface area contributed by atoms with Crippen LogP contribution in [0.15, 0.2) is 12.2 Å². The average molecular weight is 251 g/mol. The maximum absolute atomic E-state index is 8.68. The van der Waals surface area contributed by atoms with E-state index in [1.54, 1.807) is 0 Å². The molecule has 0 unspecified atom stereocenters. The van der Waals surface area contributed by atoms with Crippen molar-refractivity contribution in [2.45, 2.75) is 46.6 Å². The molecule has 0 spiro atoms. The van der Waals surface area contributed by atoms with Crippen LogP contribution >= 0.6 is 0 Å². The molecule has 1 N–H and O–H groups in total. The molecule has 0 amide bonds. The number of nitriles is 1. The van der Waals surface area contributed by atoms with Crippen LogP contribution in [-0.4, -0.2) is 36.6 Å². The first-order chi connectivity index (χ1) is 8.24. The van der Waals surface area contributed by atoms with Crippen molar-refractivity contribution < 1.29 is 0 Å². The quantitative estimate of drug-likeness (QED) is 0.674. The molecule has 18 heavy (non-hydrogen) atoms. The van der Waals surface area contributed by atoms with Gasteiger partial charge in [-0.05, 0) is 32.3 Å². The molecule has 0 aromatic heterocycles. The Bertz CT molecular complexity index is 281. The molecule has 0 aliphatic heterocycles. The third kappa shape index (κ3) is 10.3. The van der Waals surface area contributed by atoms with Crippen molar-refractivity contribution in [3.63, 3.8) is 0 Å².